The monoisotopic (exact) mass is 321 g/mol. The van der Waals surface area contributed by atoms with Gasteiger partial charge >= 0.3 is 0 Å². The van der Waals surface area contributed by atoms with Gasteiger partial charge in [-0.2, -0.15) is 0 Å². The van der Waals surface area contributed by atoms with E-state index in [2.05, 4.69) is 19.2 Å². The lowest BCUT2D eigenvalue weighted by molar-refractivity contribution is -0.136. The summed E-state index contributed by atoms with van der Waals surface area (Å²) in [6.45, 7) is 8.80. The number of hydrogen-bond donors (Lipinski definition) is 1. The molecule has 1 N–H and O–H groups in total. The molecule has 0 aliphatic heterocycles. The average Bonchev–Trinajstić information content (AvgIpc) is 2.54. The summed E-state index contributed by atoms with van der Waals surface area (Å²) in [5.41, 5.74) is 1.00. The van der Waals surface area contributed by atoms with Crippen molar-refractivity contribution in [2.45, 2.75) is 65.4 Å². The quantitative estimate of drug-likeness (QED) is 0.635. The molecule has 0 unspecified atom stereocenters. The first-order valence-corrected chi connectivity index (χ1v) is 8.57. The van der Waals surface area contributed by atoms with Crippen molar-refractivity contribution < 1.29 is 14.3 Å². The van der Waals surface area contributed by atoms with Gasteiger partial charge in [-0.1, -0.05) is 33.1 Å². The van der Waals surface area contributed by atoms with Gasteiger partial charge in [0.25, 0.3) is 5.91 Å². The second-order valence-electron chi connectivity index (χ2n) is 6.17. The Labute approximate surface area is 140 Å². The highest BCUT2D eigenvalue weighted by atomic mass is 16.5. The van der Waals surface area contributed by atoms with Crippen molar-refractivity contribution in [3.63, 3.8) is 0 Å². The number of carbonyl (C=O) groups is 1. The smallest absolute Gasteiger partial charge is 0.256 e. The summed E-state index contributed by atoms with van der Waals surface area (Å²) in [7, 11) is 1.59. The zero-order valence-electron chi connectivity index (χ0n) is 15.2. The fourth-order valence-electron chi connectivity index (χ4n) is 2.30. The summed E-state index contributed by atoms with van der Waals surface area (Å²) in [5.74, 6) is 0.768. The number of benzene rings is 1. The maximum Gasteiger partial charge on any atom is 0.256 e. The molecule has 0 aliphatic rings. The van der Waals surface area contributed by atoms with Crippen molar-refractivity contribution in [1.82, 2.24) is 0 Å². The number of aryl methyl sites for hydroxylation is 1. The van der Waals surface area contributed by atoms with Gasteiger partial charge in [-0.3, -0.25) is 4.79 Å². The second kappa shape index (κ2) is 9.56. The Morgan fingerprint density at radius 2 is 1.91 bits per heavy atom. The maximum absolute atomic E-state index is 12.5. The van der Waals surface area contributed by atoms with E-state index in [-0.39, 0.29) is 5.91 Å². The number of ether oxygens (including phenoxy) is 2. The van der Waals surface area contributed by atoms with Crippen LogP contribution in [0.15, 0.2) is 18.2 Å². The van der Waals surface area contributed by atoms with Crippen molar-refractivity contribution in [3.05, 3.63) is 23.8 Å². The summed E-state index contributed by atoms with van der Waals surface area (Å²) in [6.07, 6.45) is 4.86. The van der Waals surface area contributed by atoms with Crippen LogP contribution in [0.1, 0.15) is 58.4 Å². The number of nitrogens with one attached hydrogen (secondary N) is 1. The summed E-state index contributed by atoms with van der Waals surface area (Å²) in [6, 6.07) is 5.73. The van der Waals surface area contributed by atoms with Gasteiger partial charge in [-0.15, -0.1) is 0 Å². The fourth-order valence-corrected chi connectivity index (χ4v) is 2.30. The number of methoxy groups -OCH3 is 1. The molecule has 4 heteroatoms. The van der Waals surface area contributed by atoms with Crippen LogP contribution in [0, 0.1) is 6.92 Å². The third-order valence-electron chi connectivity index (χ3n) is 4.13. The fraction of sp³-hybridized carbons (Fsp3) is 0.632. The van der Waals surface area contributed by atoms with Crippen LogP contribution in [0.4, 0.5) is 5.69 Å². The number of unbranched alkanes of at least 4 members (excludes halogenated alkanes) is 2. The van der Waals surface area contributed by atoms with Gasteiger partial charge in [0.1, 0.15) is 11.4 Å². The zero-order valence-corrected chi connectivity index (χ0v) is 15.2. The Morgan fingerprint density at radius 1 is 1.22 bits per heavy atom. The normalized spacial score (nSPS) is 13.4. The Morgan fingerprint density at radius 3 is 2.48 bits per heavy atom. The number of anilines is 1. The molecular weight excluding hydrogens is 290 g/mol. The van der Waals surface area contributed by atoms with E-state index in [1.54, 1.807) is 7.11 Å². The van der Waals surface area contributed by atoms with E-state index >= 15 is 0 Å². The highest BCUT2D eigenvalue weighted by molar-refractivity contribution is 5.97. The van der Waals surface area contributed by atoms with Crippen molar-refractivity contribution >= 4 is 11.6 Å². The molecule has 4 nitrogen and oxygen atoms in total. The van der Waals surface area contributed by atoms with E-state index in [0.29, 0.717) is 6.42 Å². The molecule has 0 fully saturated rings. The Kier molecular flexibility index (Phi) is 8.10. The molecule has 0 bridgehead atoms. The Bertz CT molecular complexity index is 501. The third kappa shape index (κ3) is 5.87. The average molecular weight is 321 g/mol. The van der Waals surface area contributed by atoms with Crippen LogP contribution in [0.5, 0.6) is 5.75 Å². The molecule has 1 aromatic rings. The van der Waals surface area contributed by atoms with Crippen LogP contribution in [-0.2, 0) is 9.53 Å². The maximum atomic E-state index is 12.5. The van der Waals surface area contributed by atoms with E-state index in [1.165, 1.54) is 0 Å². The minimum absolute atomic E-state index is 0.104. The van der Waals surface area contributed by atoms with Crippen LogP contribution in [0.3, 0.4) is 0 Å². The molecule has 0 aliphatic carbocycles. The molecule has 0 heterocycles. The summed E-state index contributed by atoms with van der Waals surface area (Å²) in [4.78, 5) is 12.5. The Hall–Kier alpha value is -1.55. The SMILES string of the molecule is CCCCOc1ccc(NC(=O)[C@](C)(CCCC)OC)cc1C. The predicted molar refractivity (Wildman–Crippen MR) is 95.2 cm³/mol. The highest BCUT2D eigenvalue weighted by Gasteiger charge is 2.32. The zero-order chi connectivity index (χ0) is 17.3. The predicted octanol–water partition coefficient (Wildman–Crippen LogP) is 4.71. The highest BCUT2D eigenvalue weighted by Crippen LogP contribution is 2.25. The first-order valence-electron chi connectivity index (χ1n) is 8.57. The van der Waals surface area contributed by atoms with Crippen LogP contribution in [0.2, 0.25) is 0 Å². The largest absolute Gasteiger partial charge is 0.493 e. The van der Waals surface area contributed by atoms with Crippen molar-refractivity contribution in [2.24, 2.45) is 0 Å². The number of hydrogen-bond acceptors (Lipinski definition) is 3. The minimum Gasteiger partial charge on any atom is -0.493 e. The molecular formula is C19H31NO3. The molecule has 0 saturated heterocycles. The molecule has 0 saturated carbocycles. The molecule has 0 spiro atoms. The first kappa shape index (κ1) is 19.5. The molecule has 130 valence electrons. The van der Waals surface area contributed by atoms with Crippen molar-refractivity contribution in [3.8, 4) is 5.75 Å². The van der Waals surface area contributed by atoms with Gasteiger partial charge in [0.05, 0.1) is 6.61 Å². The summed E-state index contributed by atoms with van der Waals surface area (Å²) < 4.78 is 11.2. The van der Waals surface area contributed by atoms with Gasteiger partial charge in [0, 0.05) is 12.8 Å². The van der Waals surface area contributed by atoms with E-state index < -0.39 is 5.60 Å². The molecule has 0 radical (unpaired) electrons. The summed E-state index contributed by atoms with van der Waals surface area (Å²) in [5, 5.41) is 2.96. The minimum atomic E-state index is -0.791. The lowest BCUT2D eigenvalue weighted by Gasteiger charge is -2.27. The van der Waals surface area contributed by atoms with Gasteiger partial charge in [0.2, 0.25) is 0 Å². The van der Waals surface area contributed by atoms with E-state index in [0.717, 1.165) is 49.3 Å². The molecule has 1 atom stereocenters. The Balaban J connectivity index is 2.72. The molecule has 1 rings (SSSR count). The van der Waals surface area contributed by atoms with Crippen molar-refractivity contribution in [2.75, 3.05) is 19.0 Å². The molecule has 1 aromatic carbocycles. The van der Waals surface area contributed by atoms with Gasteiger partial charge in [-0.25, -0.2) is 0 Å². The standard InChI is InChI=1S/C19H31NO3/c1-6-8-12-19(4,22-5)18(21)20-16-10-11-17(15(3)14-16)23-13-9-7-2/h10-11,14H,6-9,12-13H2,1-5H3,(H,20,21)/t19-/m0/s1. The first-order chi connectivity index (χ1) is 11.0. The second-order valence-corrected chi connectivity index (χ2v) is 6.17. The van der Waals surface area contributed by atoms with Crippen LogP contribution in [0.25, 0.3) is 0 Å². The van der Waals surface area contributed by atoms with Gasteiger partial charge in [0.15, 0.2) is 0 Å². The molecule has 1 amide bonds. The van der Waals surface area contributed by atoms with Crippen LogP contribution >= 0.6 is 0 Å². The van der Waals surface area contributed by atoms with Crippen LogP contribution in [-0.4, -0.2) is 25.2 Å². The van der Waals surface area contributed by atoms with E-state index in [9.17, 15) is 4.79 Å². The molecule has 0 aromatic heterocycles. The van der Waals surface area contributed by atoms with Gasteiger partial charge in [-0.05, 0) is 50.5 Å². The van der Waals surface area contributed by atoms with E-state index in [4.69, 9.17) is 9.47 Å². The van der Waals surface area contributed by atoms with Crippen molar-refractivity contribution in [1.29, 1.82) is 0 Å². The number of carbonyl (C=O) groups excluding carboxylic acids is 1. The third-order valence-corrected chi connectivity index (χ3v) is 4.13. The lowest BCUT2D eigenvalue weighted by Crippen LogP contribution is -2.41. The van der Waals surface area contributed by atoms with Crippen LogP contribution < -0.4 is 10.1 Å². The lowest BCUT2D eigenvalue weighted by atomic mass is 9.97. The molecule has 23 heavy (non-hydrogen) atoms. The van der Waals surface area contributed by atoms with Gasteiger partial charge < -0.3 is 14.8 Å². The number of amides is 1. The number of rotatable bonds is 10. The van der Waals surface area contributed by atoms with E-state index in [1.807, 2.05) is 32.0 Å². The topological polar surface area (TPSA) is 47.6 Å². The summed E-state index contributed by atoms with van der Waals surface area (Å²) >= 11 is 0.